The van der Waals surface area contributed by atoms with E-state index in [1.54, 1.807) is 11.3 Å². The van der Waals surface area contributed by atoms with E-state index in [9.17, 15) is 0 Å². The lowest BCUT2D eigenvalue weighted by Gasteiger charge is -2.04. The first kappa shape index (κ1) is 17.9. The van der Waals surface area contributed by atoms with Gasteiger partial charge in [-0.1, -0.05) is 32.0 Å². The molecule has 0 saturated carbocycles. The molecule has 0 spiro atoms. The van der Waals surface area contributed by atoms with E-state index < -0.39 is 0 Å². The Morgan fingerprint density at radius 2 is 2.00 bits per heavy atom. The number of nitrogens with zero attached hydrogens (tertiary/aromatic N) is 2. The molecule has 0 fully saturated rings. The number of benzene rings is 1. The van der Waals surface area contributed by atoms with Crippen LogP contribution >= 0.6 is 35.3 Å². The van der Waals surface area contributed by atoms with E-state index >= 15 is 0 Å². The zero-order valence-corrected chi connectivity index (χ0v) is 15.6. The fourth-order valence-corrected chi connectivity index (χ4v) is 2.94. The van der Waals surface area contributed by atoms with Gasteiger partial charge in [0.05, 0.1) is 12.2 Å². The second-order valence-corrected chi connectivity index (χ2v) is 6.18. The van der Waals surface area contributed by atoms with Crippen LogP contribution in [-0.2, 0) is 6.54 Å². The summed E-state index contributed by atoms with van der Waals surface area (Å²) in [5.41, 5.74) is 7.97. The molecule has 4 nitrogen and oxygen atoms in total. The highest BCUT2D eigenvalue weighted by molar-refractivity contribution is 14.0. The number of nitrogens with one attached hydrogen (secondary N) is 1. The van der Waals surface area contributed by atoms with Gasteiger partial charge in [0, 0.05) is 10.6 Å². The molecule has 0 radical (unpaired) electrons. The summed E-state index contributed by atoms with van der Waals surface area (Å²) in [6.07, 6.45) is 0. The number of anilines is 1. The van der Waals surface area contributed by atoms with Gasteiger partial charge in [-0.2, -0.15) is 0 Å². The van der Waals surface area contributed by atoms with Crippen molar-refractivity contribution < 1.29 is 0 Å². The summed E-state index contributed by atoms with van der Waals surface area (Å²) in [4.78, 5) is 10.2. The predicted molar refractivity (Wildman–Crippen MR) is 102 cm³/mol. The summed E-state index contributed by atoms with van der Waals surface area (Å²) in [6, 6.07) is 9.77. The molecule has 1 aromatic heterocycles. The van der Waals surface area contributed by atoms with Crippen molar-refractivity contribution >= 4 is 47.0 Å². The van der Waals surface area contributed by atoms with Gasteiger partial charge in [-0.05, 0) is 25.0 Å². The molecule has 0 aliphatic heterocycles. The smallest absolute Gasteiger partial charge is 0.193 e. The Hall–Kier alpha value is -1.15. The molecule has 2 aromatic rings. The van der Waals surface area contributed by atoms with E-state index in [0.29, 0.717) is 18.4 Å². The number of aromatic nitrogens is 1. The maximum absolute atomic E-state index is 5.87. The number of guanidine groups is 1. The Morgan fingerprint density at radius 1 is 1.33 bits per heavy atom. The third-order valence-electron chi connectivity index (χ3n) is 2.85. The first-order chi connectivity index (χ1) is 9.56. The zero-order chi connectivity index (χ0) is 14.5. The van der Waals surface area contributed by atoms with Crippen LogP contribution in [0.5, 0.6) is 0 Å². The van der Waals surface area contributed by atoms with E-state index in [1.807, 2.05) is 30.3 Å². The summed E-state index contributed by atoms with van der Waals surface area (Å²) in [5, 5.41) is 4.06. The van der Waals surface area contributed by atoms with Crippen molar-refractivity contribution in [1.82, 2.24) is 4.98 Å². The Kier molecular flexibility index (Phi) is 7.10. The van der Waals surface area contributed by atoms with Crippen molar-refractivity contribution in [3.63, 3.8) is 0 Å². The van der Waals surface area contributed by atoms with Gasteiger partial charge in [0.15, 0.2) is 5.96 Å². The van der Waals surface area contributed by atoms with E-state index in [1.165, 1.54) is 4.88 Å². The molecule has 0 saturated heterocycles. The molecular formula is C15H21IN4S. The van der Waals surface area contributed by atoms with Gasteiger partial charge in [-0.3, -0.25) is 0 Å². The van der Waals surface area contributed by atoms with Gasteiger partial charge in [-0.15, -0.1) is 35.3 Å². The maximum Gasteiger partial charge on any atom is 0.193 e. The molecule has 1 aromatic carbocycles. The van der Waals surface area contributed by atoms with Gasteiger partial charge >= 0.3 is 0 Å². The lowest BCUT2D eigenvalue weighted by molar-refractivity contribution is 0.814. The van der Waals surface area contributed by atoms with Crippen molar-refractivity contribution in [2.75, 3.05) is 5.32 Å². The molecule has 1 heterocycles. The molecule has 0 aliphatic carbocycles. The maximum atomic E-state index is 5.87. The fourth-order valence-electron chi connectivity index (χ4n) is 1.93. The molecule has 6 heteroatoms. The number of nitrogens with two attached hydrogens (primary N) is 1. The highest BCUT2D eigenvalue weighted by atomic mass is 127. The second-order valence-electron chi connectivity index (χ2n) is 4.90. The third-order valence-corrected chi connectivity index (χ3v) is 3.83. The Balaban J connectivity index is 0.00000220. The molecule has 21 heavy (non-hydrogen) atoms. The Morgan fingerprint density at radius 3 is 2.57 bits per heavy atom. The summed E-state index contributed by atoms with van der Waals surface area (Å²) in [5.74, 6) is 0.860. The molecule has 2 rings (SSSR count). The van der Waals surface area contributed by atoms with Crippen LogP contribution in [0, 0.1) is 6.92 Å². The van der Waals surface area contributed by atoms with Crippen LogP contribution in [0.15, 0.2) is 35.3 Å². The van der Waals surface area contributed by atoms with Crippen molar-refractivity contribution in [3.05, 3.63) is 45.9 Å². The Bertz CT molecular complexity index is 593. The van der Waals surface area contributed by atoms with Crippen LogP contribution in [0.3, 0.4) is 0 Å². The fraction of sp³-hybridized carbons (Fsp3) is 0.333. The second kappa shape index (κ2) is 8.33. The lowest BCUT2D eigenvalue weighted by Crippen LogP contribution is -2.22. The van der Waals surface area contributed by atoms with Crippen molar-refractivity contribution in [1.29, 1.82) is 0 Å². The van der Waals surface area contributed by atoms with Crippen LogP contribution in [0.1, 0.15) is 35.3 Å². The highest BCUT2D eigenvalue weighted by Crippen LogP contribution is 2.24. The lowest BCUT2D eigenvalue weighted by atomic mass is 10.1. The molecule has 3 N–H and O–H groups in total. The minimum absolute atomic E-state index is 0. The van der Waals surface area contributed by atoms with Crippen molar-refractivity contribution in [2.45, 2.75) is 33.2 Å². The van der Waals surface area contributed by atoms with E-state index in [4.69, 9.17) is 5.73 Å². The minimum atomic E-state index is 0. The normalized spacial score (nSPS) is 11.3. The standard InChI is InChI=1S/C15H20N4S.HI/c1-10(2)14-11(3)20-13(19-14)9-17-15(16)18-12-7-5-4-6-8-12;/h4-8,10H,9H2,1-3H3,(H3,16,17,18);1H. The first-order valence-electron chi connectivity index (χ1n) is 6.64. The molecule has 0 aliphatic rings. The predicted octanol–water partition coefficient (Wildman–Crippen LogP) is 4.12. The zero-order valence-electron chi connectivity index (χ0n) is 12.5. The van der Waals surface area contributed by atoms with Crippen LogP contribution in [0.2, 0.25) is 0 Å². The monoisotopic (exact) mass is 416 g/mol. The topological polar surface area (TPSA) is 63.3 Å². The van der Waals surface area contributed by atoms with Crippen LogP contribution in [0.4, 0.5) is 5.69 Å². The molecule has 0 atom stereocenters. The largest absolute Gasteiger partial charge is 0.370 e. The molecule has 114 valence electrons. The van der Waals surface area contributed by atoms with Crippen molar-refractivity contribution in [2.24, 2.45) is 10.7 Å². The minimum Gasteiger partial charge on any atom is -0.370 e. The number of thiazole rings is 1. The number of rotatable bonds is 4. The number of hydrogen-bond acceptors (Lipinski definition) is 3. The SMILES string of the molecule is Cc1sc(CN=C(N)Nc2ccccc2)nc1C(C)C.I. The molecular weight excluding hydrogens is 395 g/mol. The quantitative estimate of drug-likeness (QED) is 0.448. The molecule has 0 bridgehead atoms. The Labute approximate surface area is 146 Å². The average molecular weight is 416 g/mol. The number of aliphatic imine (C=N–C) groups is 1. The molecule has 0 amide bonds. The van der Waals surface area contributed by atoms with Gasteiger partial charge in [0.2, 0.25) is 0 Å². The average Bonchev–Trinajstić information content (AvgIpc) is 2.79. The summed E-state index contributed by atoms with van der Waals surface area (Å²) < 4.78 is 0. The third kappa shape index (κ3) is 5.28. The summed E-state index contributed by atoms with van der Waals surface area (Å²) >= 11 is 1.69. The van der Waals surface area contributed by atoms with Gasteiger partial charge in [0.1, 0.15) is 5.01 Å². The van der Waals surface area contributed by atoms with Crippen LogP contribution in [0.25, 0.3) is 0 Å². The van der Waals surface area contributed by atoms with Gasteiger partial charge < -0.3 is 11.1 Å². The molecule has 0 unspecified atom stereocenters. The van der Waals surface area contributed by atoms with Gasteiger partial charge in [0.25, 0.3) is 0 Å². The first-order valence-corrected chi connectivity index (χ1v) is 7.46. The van der Waals surface area contributed by atoms with E-state index in [-0.39, 0.29) is 24.0 Å². The number of hydrogen-bond donors (Lipinski definition) is 2. The van der Waals surface area contributed by atoms with Gasteiger partial charge in [-0.25, -0.2) is 9.98 Å². The van der Waals surface area contributed by atoms with E-state index in [2.05, 4.69) is 36.1 Å². The van der Waals surface area contributed by atoms with Crippen molar-refractivity contribution in [3.8, 4) is 0 Å². The summed E-state index contributed by atoms with van der Waals surface area (Å²) in [6.45, 7) is 6.93. The number of aryl methyl sites for hydroxylation is 1. The van der Waals surface area contributed by atoms with Crippen LogP contribution < -0.4 is 11.1 Å². The number of para-hydroxylation sites is 1. The highest BCUT2D eigenvalue weighted by Gasteiger charge is 2.10. The summed E-state index contributed by atoms with van der Waals surface area (Å²) in [7, 11) is 0. The van der Waals surface area contributed by atoms with E-state index in [0.717, 1.165) is 16.4 Å². The van der Waals surface area contributed by atoms with Crippen LogP contribution in [-0.4, -0.2) is 10.9 Å². The number of halogens is 1.